The highest BCUT2D eigenvalue weighted by Crippen LogP contribution is 2.23. The number of pyridine rings is 1. The lowest BCUT2D eigenvalue weighted by molar-refractivity contribution is 0.867. The van der Waals surface area contributed by atoms with Crippen LogP contribution in [-0.2, 0) is 6.42 Å². The Morgan fingerprint density at radius 2 is 2.06 bits per heavy atom. The summed E-state index contributed by atoms with van der Waals surface area (Å²) < 4.78 is 0. The molecule has 2 heteroatoms. The SMILES string of the molecule is CC(C)c1ccc2ccnc(CCN)c2c1. The Kier molecular flexibility index (Phi) is 3.20. The number of nitrogens with zero attached hydrogens (tertiary/aromatic N) is 1. The molecule has 0 saturated heterocycles. The number of rotatable bonds is 3. The van der Waals surface area contributed by atoms with Gasteiger partial charge in [-0.1, -0.05) is 26.0 Å². The minimum Gasteiger partial charge on any atom is -0.330 e. The molecule has 0 aliphatic carbocycles. The van der Waals surface area contributed by atoms with Crippen molar-refractivity contribution in [3.05, 3.63) is 41.7 Å². The molecule has 0 aliphatic heterocycles. The predicted octanol–water partition coefficient (Wildman–Crippen LogP) is 2.86. The van der Waals surface area contributed by atoms with Crippen molar-refractivity contribution in [2.75, 3.05) is 6.54 Å². The molecule has 2 aromatic rings. The van der Waals surface area contributed by atoms with Crippen LogP contribution in [0, 0.1) is 0 Å². The molecule has 0 amide bonds. The molecule has 2 N–H and O–H groups in total. The summed E-state index contributed by atoms with van der Waals surface area (Å²) in [5.41, 5.74) is 8.08. The topological polar surface area (TPSA) is 38.9 Å². The zero-order valence-electron chi connectivity index (χ0n) is 9.90. The van der Waals surface area contributed by atoms with Crippen LogP contribution in [0.25, 0.3) is 10.8 Å². The molecular formula is C14H18N2. The van der Waals surface area contributed by atoms with Crippen molar-refractivity contribution in [2.24, 2.45) is 5.73 Å². The lowest BCUT2D eigenvalue weighted by Crippen LogP contribution is -2.05. The van der Waals surface area contributed by atoms with Gasteiger partial charge in [-0.05, 0) is 35.5 Å². The maximum atomic E-state index is 5.61. The molecule has 0 radical (unpaired) electrons. The second kappa shape index (κ2) is 4.62. The summed E-state index contributed by atoms with van der Waals surface area (Å²) in [4.78, 5) is 4.42. The van der Waals surface area contributed by atoms with E-state index in [0.29, 0.717) is 12.5 Å². The molecule has 0 atom stereocenters. The van der Waals surface area contributed by atoms with Crippen LogP contribution in [-0.4, -0.2) is 11.5 Å². The normalized spacial score (nSPS) is 11.2. The summed E-state index contributed by atoms with van der Waals surface area (Å²) in [6.45, 7) is 5.07. The average Bonchev–Trinajstić information content (AvgIpc) is 2.29. The lowest BCUT2D eigenvalue weighted by atomic mass is 9.98. The lowest BCUT2D eigenvalue weighted by Gasteiger charge is -2.09. The molecule has 2 nitrogen and oxygen atoms in total. The van der Waals surface area contributed by atoms with Gasteiger partial charge in [-0.25, -0.2) is 0 Å². The maximum Gasteiger partial charge on any atom is 0.0494 e. The standard InChI is InChI=1S/C14H18N2/c1-10(2)12-4-3-11-6-8-16-14(5-7-15)13(11)9-12/h3-4,6,8-10H,5,7,15H2,1-2H3. The summed E-state index contributed by atoms with van der Waals surface area (Å²) in [6, 6.07) is 8.67. The van der Waals surface area contributed by atoms with Crippen LogP contribution in [0.5, 0.6) is 0 Å². The van der Waals surface area contributed by atoms with Gasteiger partial charge in [0.15, 0.2) is 0 Å². The fraction of sp³-hybridized carbons (Fsp3) is 0.357. The van der Waals surface area contributed by atoms with Gasteiger partial charge in [0.05, 0.1) is 0 Å². The molecule has 1 aromatic heterocycles. The van der Waals surface area contributed by atoms with Gasteiger partial charge in [-0.3, -0.25) is 4.98 Å². The van der Waals surface area contributed by atoms with Crippen LogP contribution in [0.4, 0.5) is 0 Å². The molecule has 16 heavy (non-hydrogen) atoms. The smallest absolute Gasteiger partial charge is 0.0494 e. The van der Waals surface area contributed by atoms with E-state index in [4.69, 9.17) is 5.73 Å². The van der Waals surface area contributed by atoms with Crippen molar-refractivity contribution in [1.82, 2.24) is 4.98 Å². The van der Waals surface area contributed by atoms with Gasteiger partial charge in [-0.15, -0.1) is 0 Å². The first-order valence-electron chi connectivity index (χ1n) is 5.80. The molecule has 0 bridgehead atoms. The monoisotopic (exact) mass is 214 g/mol. The zero-order chi connectivity index (χ0) is 11.5. The molecule has 1 aromatic carbocycles. The second-order valence-corrected chi connectivity index (χ2v) is 4.43. The number of nitrogens with two attached hydrogens (primary N) is 1. The van der Waals surface area contributed by atoms with Crippen molar-refractivity contribution in [1.29, 1.82) is 0 Å². The fourth-order valence-electron chi connectivity index (χ4n) is 1.94. The fourth-order valence-corrected chi connectivity index (χ4v) is 1.94. The summed E-state index contributed by atoms with van der Waals surface area (Å²) in [7, 11) is 0. The first-order valence-corrected chi connectivity index (χ1v) is 5.80. The summed E-state index contributed by atoms with van der Waals surface area (Å²) in [5.74, 6) is 0.551. The Morgan fingerprint density at radius 3 is 2.75 bits per heavy atom. The van der Waals surface area contributed by atoms with Crippen molar-refractivity contribution in [3.63, 3.8) is 0 Å². The highest BCUT2D eigenvalue weighted by Gasteiger charge is 2.04. The Balaban J connectivity index is 2.59. The van der Waals surface area contributed by atoms with Gasteiger partial charge < -0.3 is 5.73 Å². The molecule has 2 rings (SSSR count). The van der Waals surface area contributed by atoms with Crippen molar-refractivity contribution >= 4 is 10.8 Å². The van der Waals surface area contributed by atoms with Gasteiger partial charge in [0.2, 0.25) is 0 Å². The Hall–Kier alpha value is -1.41. The van der Waals surface area contributed by atoms with Crippen molar-refractivity contribution in [3.8, 4) is 0 Å². The number of fused-ring (bicyclic) bond motifs is 1. The highest BCUT2D eigenvalue weighted by atomic mass is 14.7. The minimum atomic E-state index is 0.551. The molecule has 0 unspecified atom stereocenters. The van der Waals surface area contributed by atoms with E-state index in [1.165, 1.54) is 16.3 Å². The molecule has 0 saturated carbocycles. The number of hydrogen-bond acceptors (Lipinski definition) is 2. The van der Waals surface area contributed by atoms with Gasteiger partial charge >= 0.3 is 0 Å². The molecule has 1 heterocycles. The minimum absolute atomic E-state index is 0.551. The third-order valence-corrected chi connectivity index (χ3v) is 2.92. The predicted molar refractivity (Wildman–Crippen MR) is 68.6 cm³/mol. The molecule has 84 valence electrons. The van der Waals surface area contributed by atoms with E-state index >= 15 is 0 Å². The molecule has 0 fully saturated rings. The summed E-state index contributed by atoms with van der Waals surface area (Å²) in [5, 5.41) is 2.50. The van der Waals surface area contributed by atoms with Crippen LogP contribution >= 0.6 is 0 Å². The Bertz CT molecular complexity index is 489. The maximum absolute atomic E-state index is 5.61. The van der Waals surface area contributed by atoms with Gasteiger partial charge in [-0.2, -0.15) is 0 Å². The number of hydrogen-bond donors (Lipinski definition) is 1. The van der Waals surface area contributed by atoms with E-state index in [2.05, 4.69) is 43.1 Å². The Morgan fingerprint density at radius 1 is 1.25 bits per heavy atom. The van der Waals surface area contributed by atoms with Crippen LogP contribution in [0.2, 0.25) is 0 Å². The third kappa shape index (κ3) is 2.07. The van der Waals surface area contributed by atoms with E-state index in [-0.39, 0.29) is 0 Å². The largest absolute Gasteiger partial charge is 0.330 e. The second-order valence-electron chi connectivity index (χ2n) is 4.43. The third-order valence-electron chi connectivity index (χ3n) is 2.92. The zero-order valence-corrected chi connectivity index (χ0v) is 9.90. The van der Waals surface area contributed by atoms with E-state index in [9.17, 15) is 0 Å². The summed E-state index contributed by atoms with van der Waals surface area (Å²) >= 11 is 0. The molecular weight excluding hydrogens is 196 g/mol. The van der Waals surface area contributed by atoms with Crippen LogP contribution < -0.4 is 5.73 Å². The highest BCUT2D eigenvalue weighted by molar-refractivity contribution is 5.85. The number of aromatic nitrogens is 1. The van der Waals surface area contributed by atoms with Gasteiger partial charge in [0.25, 0.3) is 0 Å². The van der Waals surface area contributed by atoms with Crippen molar-refractivity contribution in [2.45, 2.75) is 26.2 Å². The first-order chi connectivity index (χ1) is 7.72. The van der Waals surface area contributed by atoms with Crippen LogP contribution in [0.15, 0.2) is 30.5 Å². The van der Waals surface area contributed by atoms with E-state index < -0.39 is 0 Å². The van der Waals surface area contributed by atoms with E-state index in [0.717, 1.165) is 12.1 Å². The van der Waals surface area contributed by atoms with Crippen molar-refractivity contribution < 1.29 is 0 Å². The molecule has 0 spiro atoms. The average molecular weight is 214 g/mol. The van der Waals surface area contributed by atoms with Gasteiger partial charge in [0.1, 0.15) is 0 Å². The van der Waals surface area contributed by atoms with Gasteiger partial charge in [0, 0.05) is 23.7 Å². The summed E-state index contributed by atoms with van der Waals surface area (Å²) in [6.07, 6.45) is 2.71. The van der Waals surface area contributed by atoms with E-state index in [1.807, 2.05) is 6.20 Å². The first kappa shape index (κ1) is 11.1. The quantitative estimate of drug-likeness (QED) is 0.853. The van der Waals surface area contributed by atoms with Crippen LogP contribution in [0.1, 0.15) is 31.0 Å². The Labute approximate surface area is 96.5 Å². The number of benzene rings is 1. The van der Waals surface area contributed by atoms with E-state index in [1.54, 1.807) is 0 Å². The van der Waals surface area contributed by atoms with Crippen LogP contribution in [0.3, 0.4) is 0 Å². The molecule has 0 aliphatic rings.